The summed E-state index contributed by atoms with van der Waals surface area (Å²) in [5, 5.41) is 27.8. The van der Waals surface area contributed by atoms with Crippen LogP contribution >= 0.6 is 11.6 Å². The van der Waals surface area contributed by atoms with Gasteiger partial charge in [-0.1, -0.05) is 35.9 Å². The number of benzene rings is 3. The maximum atomic E-state index is 17.3. The molecule has 3 saturated heterocycles. The lowest BCUT2D eigenvalue weighted by Crippen LogP contribution is -2.38. The first-order valence-corrected chi connectivity index (χ1v) is 15.8. The molecule has 5 aromatic rings. The predicted molar refractivity (Wildman–Crippen MR) is 171 cm³/mol. The van der Waals surface area contributed by atoms with Gasteiger partial charge >= 0.3 is 0 Å². The zero-order valence-electron chi connectivity index (χ0n) is 24.6. The van der Waals surface area contributed by atoms with E-state index in [1.165, 1.54) is 0 Å². The first-order chi connectivity index (χ1) is 21.3. The van der Waals surface area contributed by atoms with E-state index in [9.17, 15) is 10.4 Å². The number of likely N-dealkylation sites (tertiary alicyclic amines) is 1. The molecular weight excluding hydrogens is 577 g/mol. The highest BCUT2D eigenvalue weighted by molar-refractivity contribution is 6.37. The van der Waals surface area contributed by atoms with Crippen LogP contribution in [0.15, 0.2) is 48.7 Å². The van der Waals surface area contributed by atoms with Crippen LogP contribution in [0.3, 0.4) is 0 Å². The van der Waals surface area contributed by atoms with E-state index in [0.717, 1.165) is 48.6 Å². The van der Waals surface area contributed by atoms with Gasteiger partial charge < -0.3 is 24.6 Å². The number of phenols is 1. The fourth-order valence-corrected chi connectivity index (χ4v) is 8.11. The molecular formula is C35H33ClFN5O2. The van der Waals surface area contributed by atoms with Crippen molar-refractivity contribution in [1.82, 2.24) is 19.8 Å². The second kappa shape index (κ2) is 10.3. The summed E-state index contributed by atoms with van der Waals surface area (Å²) in [7, 11) is 2.09. The van der Waals surface area contributed by atoms with Gasteiger partial charge in [0.15, 0.2) is 5.82 Å². The molecule has 1 saturated carbocycles. The van der Waals surface area contributed by atoms with Gasteiger partial charge in [-0.2, -0.15) is 5.26 Å². The van der Waals surface area contributed by atoms with Crippen molar-refractivity contribution in [3.8, 4) is 28.8 Å². The number of ether oxygens (including phenoxy) is 1. The predicted octanol–water partition coefficient (Wildman–Crippen LogP) is 7.14. The molecule has 7 nitrogen and oxygen atoms in total. The molecule has 224 valence electrons. The number of likely N-dealkylation sites (N-methyl/N-ethyl adjacent to an activating group) is 1. The number of aromatic hydroxyl groups is 1. The number of phenolic OH excluding ortho intramolecular Hbond substituents is 1. The fraction of sp³-hybridized carbons (Fsp3) is 0.371. The summed E-state index contributed by atoms with van der Waals surface area (Å²) >= 11 is 6.98. The van der Waals surface area contributed by atoms with Crippen molar-refractivity contribution < 1.29 is 14.2 Å². The van der Waals surface area contributed by atoms with Crippen LogP contribution in [0.5, 0.6) is 11.6 Å². The second-order valence-corrected chi connectivity index (χ2v) is 13.1. The largest absolute Gasteiger partial charge is 0.508 e. The Labute approximate surface area is 259 Å². The molecule has 3 aliphatic heterocycles. The van der Waals surface area contributed by atoms with Crippen LogP contribution in [-0.4, -0.2) is 58.4 Å². The first-order valence-electron chi connectivity index (χ1n) is 15.4. The van der Waals surface area contributed by atoms with E-state index in [2.05, 4.69) is 27.9 Å². The highest BCUT2D eigenvalue weighted by atomic mass is 35.5. The molecule has 9 rings (SSSR count). The van der Waals surface area contributed by atoms with Crippen molar-refractivity contribution in [2.45, 2.75) is 50.2 Å². The van der Waals surface area contributed by atoms with E-state index in [4.69, 9.17) is 21.3 Å². The van der Waals surface area contributed by atoms with E-state index in [1.807, 2.05) is 36.5 Å². The number of fused-ring (bicyclic) bond motifs is 5. The van der Waals surface area contributed by atoms with Crippen molar-refractivity contribution in [3.63, 3.8) is 0 Å². The minimum atomic E-state index is -0.630. The molecule has 0 radical (unpaired) electrons. The molecule has 1 aliphatic carbocycles. The maximum Gasteiger partial charge on any atom is 0.225 e. The fourth-order valence-electron chi connectivity index (χ4n) is 7.84. The molecule has 2 bridgehead atoms. The Balaban J connectivity index is 1.43. The van der Waals surface area contributed by atoms with Crippen LogP contribution in [0.4, 0.5) is 4.39 Å². The summed E-state index contributed by atoms with van der Waals surface area (Å²) in [6.07, 6.45) is 5.18. The normalized spacial score (nSPS) is 23.8. The Morgan fingerprint density at radius 2 is 2.09 bits per heavy atom. The molecule has 5 atom stereocenters. The average Bonchev–Trinajstić information content (AvgIpc) is 3.81. The van der Waals surface area contributed by atoms with E-state index in [0.29, 0.717) is 51.4 Å². The van der Waals surface area contributed by atoms with E-state index >= 15 is 4.39 Å². The van der Waals surface area contributed by atoms with Crippen LogP contribution in [0.25, 0.3) is 43.7 Å². The van der Waals surface area contributed by atoms with Gasteiger partial charge in [0.1, 0.15) is 17.9 Å². The molecule has 0 amide bonds. The highest BCUT2D eigenvalue weighted by Gasteiger charge is 2.48. The summed E-state index contributed by atoms with van der Waals surface area (Å²) in [5.41, 5.74) is 2.27. The molecule has 44 heavy (non-hydrogen) atoms. The average molecular weight is 610 g/mol. The van der Waals surface area contributed by atoms with E-state index in [1.54, 1.807) is 19.1 Å². The molecule has 2 aromatic heterocycles. The molecule has 2 N–H and O–H groups in total. The third-order valence-corrected chi connectivity index (χ3v) is 10.5. The van der Waals surface area contributed by atoms with Gasteiger partial charge in [0.05, 0.1) is 34.0 Å². The Hall–Kier alpha value is -3.90. The molecule has 4 fully saturated rings. The molecule has 5 heterocycles. The van der Waals surface area contributed by atoms with Crippen LogP contribution in [0.2, 0.25) is 5.02 Å². The van der Waals surface area contributed by atoms with Crippen LogP contribution in [-0.2, 0) is 0 Å². The van der Waals surface area contributed by atoms with Crippen molar-refractivity contribution >= 4 is 44.2 Å². The number of nitrogens with one attached hydrogen (secondary N) is 1. The van der Waals surface area contributed by atoms with Crippen molar-refractivity contribution in [2.75, 3.05) is 26.7 Å². The van der Waals surface area contributed by atoms with Gasteiger partial charge in [-0.3, -0.25) is 0 Å². The van der Waals surface area contributed by atoms with Crippen molar-refractivity contribution in [3.05, 3.63) is 65.1 Å². The maximum absolute atomic E-state index is 17.3. The zero-order chi connectivity index (χ0) is 30.3. The zero-order valence-corrected chi connectivity index (χ0v) is 25.4. The van der Waals surface area contributed by atoms with Crippen LogP contribution in [0.1, 0.15) is 43.7 Å². The van der Waals surface area contributed by atoms with E-state index < -0.39 is 11.7 Å². The van der Waals surface area contributed by atoms with E-state index in [-0.39, 0.29) is 28.9 Å². The molecule has 4 unspecified atom stereocenters. The van der Waals surface area contributed by atoms with Gasteiger partial charge in [0, 0.05) is 35.8 Å². The van der Waals surface area contributed by atoms with Gasteiger partial charge in [0.2, 0.25) is 5.88 Å². The SMILES string of the molecule is CC(C#N)c1cc2c(nc(OC[C@@H]3CCCN3C)c3c(Cl)cn(C4C5CNC4C5)c32)c(F)c1-c1cc(O)cc2ccccc12. The van der Waals surface area contributed by atoms with Crippen LogP contribution in [0, 0.1) is 23.1 Å². The number of hydrogen-bond acceptors (Lipinski definition) is 6. The number of hydrogen-bond donors (Lipinski definition) is 2. The number of nitriles is 1. The summed E-state index contributed by atoms with van der Waals surface area (Å²) in [6, 6.07) is 15.8. The minimum absolute atomic E-state index is 0.0236. The number of nitrogens with zero attached hydrogens (tertiary/aromatic N) is 4. The third-order valence-electron chi connectivity index (χ3n) is 10.2. The van der Waals surface area contributed by atoms with Gasteiger partial charge in [-0.15, -0.1) is 0 Å². The Morgan fingerprint density at radius 1 is 1.25 bits per heavy atom. The Kier molecular flexibility index (Phi) is 6.49. The second-order valence-electron chi connectivity index (χ2n) is 12.7. The lowest BCUT2D eigenvalue weighted by molar-refractivity contribution is 0.195. The lowest BCUT2D eigenvalue weighted by Gasteiger charge is -2.36. The number of rotatable bonds is 6. The molecule has 0 spiro atoms. The quantitative estimate of drug-likeness (QED) is 0.213. The number of aromatic nitrogens is 2. The smallest absolute Gasteiger partial charge is 0.225 e. The number of pyridine rings is 1. The Morgan fingerprint density at radius 3 is 2.82 bits per heavy atom. The summed E-state index contributed by atoms with van der Waals surface area (Å²) in [4.78, 5) is 7.14. The van der Waals surface area contributed by atoms with Gasteiger partial charge in [-0.25, -0.2) is 9.37 Å². The van der Waals surface area contributed by atoms with Gasteiger partial charge in [0.25, 0.3) is 0 Å². The summed E-state index contributed by atoms with van der Waals surface area (Å²) < 4.78 is 25.9. The van der Waals surface area contributed by atoms with Crippen LogP contribution < -0.4 is 10.1 Å². The van der Waals surface area contributed by atoms with Gasteiger partial charge in [-0.05, 0) is 85.8 Å². The molecule has 3 aromatic carbocycles. The minimum Gasteiger partial charge on any atom is -0.508 e. The first kappa shape index (κ1) is 27.6. The summed E-state index contributed by atoms with van der Waals surface area (Å²) in [6.45, 7) is 4.15. The van der Waals surface area contributed by atoms with Crippen molar-refractivity contribution in [2.24, 2.45) is 5.92 Å². The number of halogens is 2. The third kappa shape index (κ3) is 4.10. The molecule has 4 aliphatic rings. The van der Waals surface area contributed by atoms with Crippen molar-refractivity contribution in [1.29, 1.82) is 5.26 Å². The lowest BCUT2D eigenvalue weighted by atomic mass is 9.80. The highest BCUT2D eigenvalue weighted by Crippen LogP contribution is 2.50. The standard InChI is InChI=1S/C35H33ClFN5O2/c1-18(14-38)24-13-26-32(31(37)29(24)25-12-22(43)10-19-6-3-4-8-23(19)25)40-35(44-17-21-7-5-9-41(21)2)30-27(36)16-42(34(26)30)33-20-11-28(33)39-15-20/h3-4,6,8,10,12-13,16,18,20-21,28,33,39,43H,5,7,9,11,15,17H2,1-2H3/t18?,20?,21-,28?,33?/m0/s1. The monoisotopic (exact) mass is 609 g/mol. The summed E-state index contributed by atoms with van der Waals surface area (Å²) in [5.74, 6) is -0.363. The topological polar surface area (TPSA) is 86.3 Å². The molecule has 9 heteroatoms. The Bertz CT molecular complexity index is 2000.